The van der Waals surface area contributed by atoms with Crippen molar-refractivity contribution >= 4 is 5.57 Å². The molecule has 0 spiro atoms. The van der Waals surface area contributed by atoms with Crippen molar-refractivity contribution < 1.29 is 5.11 Å². The van der Waals surface area contributed by atoms with E-state index in [-0.39, 0.29) is 5.76 Å². The highest BCUT2D eigenvalue weighted by Crippen LogP contribution is 2.28. The molecule has 0 aliphatic carbocycles. The van der Waals surface area contributed by atoms with Crippen LogP contribution in [0.5, 0.6) is 0 Å². The van der Waals surface area contributed by atoms with Gasteiger partial charge in [0.15, 0.2) is 0 Å². The number of aromatic nitrogens is 1. The summed E-state index contributed by atoms with van der Waals surface area (Å²) < 4.78 is 1.97. The number of aliphatic hydroxyl groups excluding tert-OH is 1. The number of hydrogen-bond donors (Lipinski definition) is 1. The minimum Gasteiger partial charge on any atom is -0.513 e. The van der Waals surface area contributed by atoms with Crippen LogP contribution in [-0.2, 0) is 6.42 Å². The first-order chi connectivity index (χ1) is 13.0. The minimum atomic E-state index is 0.183. The Kier molecular flexibility index (Phi) is 5.28. The maximum atomic E-state index is 9.58. The largest absolute Gasteiger partial charge is 0.513 e. The molecule has 1 aromatic heterocycles. The van der Waals surface area contributed by atoms with Crippen molar-refractivity contribution in [2.75, 3.05) is 0 Å². The molecule has 3 nitrogen and oxygen atoms in total. The minimum absolute atomic E-state index is 0.183. The molecular formula is C24H22N2O. The molecule has 0 fully saturated rings. The van der Waals surface area contributed by atoms with Gasteiger partial charge in [0.25, 0.3) is 0 Å². The van der Waals surface area contributed by atoms with Crippen LogP contribution in [0.15, 0.2) is 79.8 Å². The number of rotatable bonds is 6. The van der Waals surface area contributed by atoms with E-state index >= 15 is 0 Å². The molecule has 1 N–H and O–H groups in total. The highest BCUT2D eigenvalue weighted by atomic mass is 16.3. The van der Waals surface area contributed by atoms with Crippen molar-refractivity contribution in [2.24, 2.45) is 0 Å². The number of aryl methyl sites for hydroxylation is 1. The Morgan fingerprint density at radius 3 is 2.48 bits per heavy atom. The lowest BCUT2D eigenvalue weighted by molar-refractivity contribution is 0.391. The standard InChI is InChI=1S/C24H22N2O/c1-17(2)20-9-11-23(12-10-20)26-15-22(14-25)24(16-26)21-6-4-5-19(13-21)8-7-18(3)27/h4-6,9-13,15-16,27H,1,3,7-8H2,2H3. The summed E-state index contributed by atoms with van der Waals surface area (Å²) in [5.41, 5.74) is 6.74. The first kappa shape index (κ1) is 18.3. The fraction of sp³-hybridized carbons (Fsp3) is 0.125. The van der Waals surface area contributed by atoms with E-state index in [2.05, 4.69) is 25.3 Å². The Labute approximate surface area is 160 Å². The summed E-state index contributed by atoms with van der Waals surface area (Å²) >= 11 is 0. The van der Waals surface area contributed by atoms with Crippen LogP contribution in [0.3, 0.4) is 0 Å². The normalized spacial score (nSPS) is 10.4. The molecule has 0 atom stereocenters. The molecule has 0 saturated heterocycles. The van der Waals surface area contributed by atoms with E-state index in [0.717, 1.165) is 33.5 Å². The van der Waals surface area contributed by atoms with Gasteiger partial charge in [-0.3, -0.25) is 0 Å². The zero-order valence-corrected chi connectivity index (χ0v) is 15.4. The van der Waals surface area contributed by atoms with Gasteiger partial charge < -0.3 is 9.67 Å². The molecule has 3 heteroatoms. The number of nitriles is 1. The number of aliphatic hydroxyl groups is 1. The first-order valence-electron chi connectivity index (χ1n) is 8.82. The van der Waals surface area contributed by atoms with Crippen LogP contribution in [-0.4, -0.2) is 9.67 Å². The first-order valence-corrected chi connectivity index (χ1v) is 8.82. The fourth-order valence-electron chi connectivity index (χ4n) is 3.02. The van der Waals surface area contributed by atoms with E-state index in [0.29, 0.717) is 18.4 Å². The van der Waals surface area contributed by atoms with E-state index in [4.69, 9.17) is 0 Å². The lowest BCUT2D eigenvalue weighted by Gasteiger charge is -2.06. The van der Waals surface area contributed by atoms with Crippen LogP contribution >= 0.6 is 0 Å². The molecule has 0 saturated carbocycles. The Balaban J connectivity index is 1.95. The fourth-order valence-corrected chi connectivity index (χ4v) is 3.02. The third-order valence-electron chi connectivity index (χ3n) is 4.55. The average Bonchev–Trinajstić information content (AvgIpc) is 3.11. The van der Waals surface area contributed by atoms with Gasteiger partial charge >= 0.3 is 0 Å². The van der Waals surface area contributed by atoms with Gasteiger partial charge in [-0.25, -0.2) is 0 Å². The summed E-state index contributed by atoms with van der Waals surface area (Å²) in [4.78, 5) is 0. The van der Waals surface area contributed by atoms with E-state index in [9.17, 15) is 10.4 Å². The summed E-state index contributed by atoms with van der Waals surface area (Å²) in [6.45, 7) is 9.48. The molecule has 0 unspecified atom stereocenters. The Morgan fingerprint density at radius 2 is 1.85 bits per heavy atom. The number of allylic oxidation sites excluding steroid dienone is 2. The predicted molar refractivity (Wildman–Crippen MR) is 111 cm³/mol. The van der Waals surface area contributed by atoms with Gasteiger partial charge in [-0.2, -0.15) is 5.26 Å². The Bertz CT molecular complexity index is 1030. The van der Waals surface area contributed by atoms with Crippen LogP contribution in [0.4, 0.5) is 0 Å². The lowest BCUT2D eigenvalue weighted by atomic mass is 10.0. The predicted octanol–water partition coefficient (Wildman–Crippen LogP) is 6.05. The van der Waals surface area contributed by atoms with Crippen molar-refractivity contribution in [1.82, 2.24) is 4.57 Å². The zero-order chi connectivity index (χ0) is 19.4. The highest BCUT2D eigenvalue weighted by molar-refractivity contribution is 5.71. The van der Waals surface area contributed by atoms with Crippen molar-refractivity contribution in [1.29, 1.82) is 5.26 Å². The van der Waals surface area contributed by atoms with Crippen molar-refractivity contribution in [3.63, 3.8) is 0 Å². The molecule has 1 heterocycles. The maximum Gasteiger partial charge on any atom is 0.101 e. The van der Waals surface area contributed by atoms with Crippen LogP contribution in [0.25, 0.3) is 22.4 Å². The molecule has 2 aromatic carbocycles. The van der Waals surface area contributed by atoms with E-state index in [1.54, 1.807) is 0 Å². The Hall–Kier alpha value is -3.51. The highest BCUT2D eigenvalue weighted by Gasteiger charge is 2.11. The third kappa shape index (κ3) is 4.19. The molecule has 3 rings (SSSR count). The Morgan fingerprint density at radius 1 is 1.11 bits per heavy atom. The van der Waals surface area contributed by atoms with Gasteiger partial charge in [0.05, 0.1) is 11.3 Å². The van der Waals surface area contributed by atoms with Crippen molar-refractivity contribution in [3.8, 4) is 22.9 Å². The van der Waals surface area contributed by atoms with Crippen LogP contribution < -0.4 is 0 Å². The van der Waals surface area contributed by atoms with E-state index in [1.807, 2.05) is 66.3 Å². The topological polar surface area (TPSA) is 49.0 Å². The number of benzene rings is 2. The second-order valence-electron chi connectivity index (χ2n) is 6.70. The monoisotopic (exact) mass is 354 g/mol. The number of hydrogen-bond acceptors (Lipinski definition) is 2. The third-order valence-corrected chi connectivity index (χ3v) is 4.55. The summed E-state index contributed by atoms with van der Waals surface area (Å²) in [7, 11) is 0. The summed E-state index contributed by atoms with van der Waals surface area (Å²) in [5, 5.41) is 18.9. The van der Waals surface area contributed by atoms with E-state index < -0.39 is 0 Å². The molecule has 134 valence electrons. The molecule has 0 amide bonds. The second-order valence-corrected chi connectivity index (χ2v) is 6.70. The number of nitrogens with zero attached hydrogens (tertiary/aromatic N) is 2. The van der Waals surface area contributed by atoms with Gasteiger partial charge in [-0.1, -0.05) is 55.1 Å². The smallest absolute Gasteiger partial charge is 0.101 e. The molecule has 0 aliphatic rings. The van der Waals surface area contributed by atoms with Crippen LogP contribution in [0.2, 0.25) is 0 Å². The second kappa shape index (κ2) is 7.80. The molecule has 0 radical (unpaired) electrons. The summed E-state index contributed by atoms with van der Waals surface area (Å²) in [5.74, 6) is 0.183. The van der Waals surface area contributed by atoms with Crippen molar-refractivity contribution in [2.45, 2.75) is 19.8 Å². The van der Waals surface area contributed by atoms with Gasteiger partial charge in [0.2, 0.25) is 0 Å². The van der Waals surface area contributed by atoms with Gasteiger partial charge in [0, 0.05) is 30.1 Å². The summed E-state index contributed by atoms with van der Waals surface area (Å²) in [6.07, 6.45) is 5.09. The SMILES string of the molecule is C=C(O)CCc1cccc(-c2cn(-c3ccc(C(=C)C)cc3)cc2C#N)c1. The van der Waals surface area contributed by atoms with Gasteiger partial charge in [-0.15, -0.1) is 0 Å². The molecule has 27 heavy (non-hydrogen) atoms. The average molecular weight is 354 g/mol. The maximum absolute atomic E-state index is 9.58. The molecular weight excluding hydrogens is 332 g/mol. The quantitative estimate of drug-likeness (QED) is 0.548. The summed E-state index contributed by atoms with van der Waals surface area (Å²) in [6, 6.07) is 18.5. The molecule has 0 aliphatic heterocycles. The van der Waals surface area contributed by atoms with Crippen molar-refractivity contribution in [3.05, 3.63) is 96.5 Å². The van der Waals surface area contributed by atoms with Crippen LogP contribution in [0.1, 0.15) is 30.0 Å². The van der Waals surface area contributed by atoms with Gasteiger partial charge in [-0.05, 0) is 42.2 Å². The lowest BCUT2D eigenvalue weighted by Crippen LogP contribution is -1.90. The van der Waals surface area contributed by atoms with Gasteiger partial charge in [0.1, 0.15) is 6.07 Å². The van der Waals surface area contributed by atoms with Crippen LogP contribution in [0, 0.1) is 11.3 Å². The zero-order valence-electron chi connectivity index (χ0n) is 15.4. The molecule has 0 bridgehead atoms. The van der Waals surface area contributed by atoms with E-state index in [1.165, 1.54) is 0 Å². The molecule has 3 aromatic rings.